The van der Waals surface area contributed by atoms with E-state index < -0.39 is 5.97 Å². The zero-order chi connectivity index (χ0) is 18.6. The van der Waals surface area contributed by atoms with Crippen LogP contribution >= 0.6 is 0 Å². The number of allylic oxidation sites excluding steroid dienone is 1. The van der Waals surface area contributed by atoms with Crippen molar-refractivity contribution >= 4 is 23.7 Å². The SMILES string of the molecule is CC(C=Cc1ncccc1OCCCCCC(=O)O)=NNC1=NCCN1. The van der Waals surface area contributed by atoms with E-state index in [9.17, 15) is 4.79 Å². The van der Waals surface area contributed by atoms with E-state index in [1.54, 1.807) is 6.20 Å². The van der Waals surface area contributed by atoms with Crippen LogP contribution in [0.5, 0.6) is 5.75 Å². The van der Waals surface area contributed by atoms with E-state index in [-0.39, 0.29) is 6.42 Å². The number of aliphatic imine (C=N–C) groups is 1. The quantitative estimate of drug-likeness (QED) is 0.335. The van der Waals surface area contributed by atoms with Crippen LogP contribution in [0.15, 0.2) is 34.5 Å². The first kappa shape index (κ1) is 19.4. The van der Waals surface area contributed by atoms with E-state index in [4.69, 9.17) is 9.84 Å². The molecule has 8 nitrogen and oxygen atoms in total. The number of aromatic nitrogens is 1. The highest BCUT2D eigenvalue weighted by Gasteiger charge is 2.03. The van der Waals surface area contributed by atoms with Crippen molar-refractivity contribution in [1.82, 2.24) is 15.7 Å². The zero-order valence-electron chi connectivity index (χ0n) is 14.9. The van der Waals surface area contributed by atoms with Gasteiger partial charge in [0.05, 0.1) is 18.9 Å². The van der Waals surface area contributed by atoms with E-state index in [0.717, 1.165) is 37.3 Å². The molecule has 1 aliphatic heterocycles. The van der Waals surface area contributed by atoms with Crippen molar-refractivity contribution in [2.45, 2.75) is 32.6 Å². The summed E-state index contributed by atoms with van der Waals surface area (Å²) in [6.07, 6.45) is 7.92. The van der Waals surface area contributed by atoms with Gasteiger partial charge >= 0.3 is 5.97 Å². The fourth-order valence-electron chi connectivity index (χ4n) is 2.24. The maximum Gasteiger partial charge on any atom is 0.303 e. The van der Waals surface area contributed by atoms with Gasteiger partial charge in [0.25, 0.3) is 0 Å². The van der Waals surface area contributed by atoms with Crippen LogP contribution in [0.3, 0.4) is 0 Å². The first-order chi connectivity index (χ1) is 12.6. The number of guanidine groups is 1. The minimum Gasteiger partial charge on any atom is -0.491 e. The Morgan fingerprint density at radius 2 is 2.35 bits per heavy atom. The third kappa shape index (κ3) is 7.33. The average molecular weight is 359 g/mol. The topological polar surface area (TPSA) is 108 Å². The molecule has 0 radical (unpaired) electrons. The second-order valence-electron chi connectivity index (χ2n) is 5.80. The smallest absolute Gasteiger partial charge is 0.303 e. The van der Waals surface area contributed by atoms with Gasteiger partial charge in [-0.25, -0.2) is 10.4 Å². The maximum absolute atomic E-state index is 10.5. The minimum absolute atomic E-state index is 0.204. The number of carboxylic acid groups (broad SMARTS) is 1. The van der Waals surface area contributed by atoms with E-state index in [1.165, 1.54) is 0 Å². The Morgan fingerprint density at radius 3 is 3.12 bits per heavy atom. The van der Waals surface area contributed by atoms with E-state index in [2.05, 4.69) is 25.8 Å². The molecule has 3 N–H and O–H groups in total. The highest BCUT2D eigenvalue weighted by Crippen LogP contribution is 2.17. The van der Waals surface area contributed by atoms with Gasteiger partial charge in [-0.2, -0.15) is 5.10 Å². The Hall–Kier alpha value is -2.90. The van der Waals surface area contributed by atoms with Crippen LogP contribution in [0.4, 0.5) is 0 Å². The van der Waals surface area contributed by atoms with Crippen LogP contribution in [0, 0.1) is 0 Å². The van der Waals surface area contributed by atoms with Gasteiger partial charge in [-0.05, 0) is 50.5 Å². The van der Waals surface area contributed by atoms with Crippen LogP contribution < -0.4 is 15.5 Å². The van der Waals surface area contributed by atoms with Gasteiger partial charge in [-0.1, -0.05) is 0 Å². The second-order valence-corrected chi connectivity index (χ2v) is 5.80. The monoisotopic (exact) mass is 359 g/mol. The van der Waals surface area contributed by atoms with Gasteiger partial charge in [0.15, 0.2) is 0 Å². The largest absolute Gasteiger partial charge is 0.491 e. The van der Waals surface area contributed by atoms with Crippen LogP contribution in [0.2, 0.25) is 0 Å². The van der Waals surface area contributed by atoms with Gasteiger partial charge < -0.3 is 15.2 Å². The summed E-state index contributed by atoms with van der Waals surface area (Å²) in [5.41, 5.74) is 4.39. The maximum atomic E-state index is 10.5. The standard InChI is InChI=1S/C18H25N5O3/c1-14(22-23-18-20-11-12-21-18)8-9-15-16(6-5-10-19-15)26-13-4-2-3-7-17(24)25/h5-6,8-10H,2-4,7,11-13H2,1H3,(H,24,25)(H2,20,21,23). The summed E-state index contributed by atoms with van der Waals surface area (Å²) in [6, 6.07) is 3.69. The number of aliphatic carboxylic acids is 1. The van der Waals surface area contributed by atoms with E-state index in [0.29, 0.717) is 24.7 Å². The van der Waals surface area contributed by atoms with Crippen molar-refractivity contribution in [3.8, 4) is 5.75 Å². The molecule has 2 heterocycles. The molecule has 0 fully saturated rings. The Bertz CT molecular complexity index is 685. The Labute approximate surface area is 153 Å². The lowest BCUT2D eigenvalue weighted by atomic mass is 10.2. The molecular weight excluding hydrogens is 334 g/mol. The summed E-state index contributed by atoms with van der Waals surface area (Å²) < 4.78 is 5.77. The molecule has 26 heavy (non-hydrogen) atoms. The minimum atomic E-state index is -0.757. The zero-order valence-corrected chi connectivity index (χ0v) is 14.9. The molecule has 2 rings (SSSR count). The van der Waals surface area contributed by atoms with E-state index in [1.807, 2.05) is 31.2 Å². The molecule has 0 aliphatic carbocycles. The molecule has 1 aromatic rings. The van der Waals surface area contributed by atoms with Crippen LogP contribution in [0.25, 0.3) is 6.08 Å². The molecule has 0 unspecified atom stereocenters. The number of hydrogen-bond donors (Lipinski definition) is 3. The van der Waals surface area contributed by atoms with Crippen molar-refractivity contribution < 1.29 is 14.6 Å². The van der Waals surface area contributed by atoms with Crippen molar-refractivity contribution in [3.63, 3.8) is 0 Å². The number of hydrogen-bond acceptors (Lipinski definition) is 7. The summed E-state index contributed by atoms with van der Waals surface area (Å²) in [5.74, 6) is 0.625. The first-order valence-electron chi connectivity index (χ1n) is 8.71. The molecule has 8 heteroatoms. The Balaban J connectivity index is 1.81. The summed E-state index contributed by atoms with van der Waals surface area (Å²) in [7, 11) is 0. The molecule has 0 amide bonds. The van der Waals surface area contributed by atoms with E-state index >= 15 is 0 Å². The van der Waals surface area contributed by atoms with Crippen molar-refractivity contribution in [2.75, 3.05) is 19.7 Å². The number of carboxylic acids is 1. The van der Waals surface area contributed by atoms with Crippen molar-refractivity contribution in [1.29, 1.82) is 0 Å². The lowest BCUT2D eigenvalue weighted by Gasteiger charge is -2.08. The number of nitrogens with one attached hydrogen (secondary N) is 2. The molecule has 0 aromatic carbocycles. The highest BCUT2D eigenvalue weighted by molar-refractivity contribution is 5.97. The third-order valence-electron chi connectivity index (χ3n) is 3.59. The number of carbonyl (C=O) groups is 1. The number of unbranched alkanes of at least 4 members (excludes halogenated alkanes) is 2. The number of hydrazone groups is 1. The van der Waals surface area contributed by atoms with Crippen LogP contribution in [0.1, 0.15) is 38.3 Å². The summed E-state index contributed by atoms with van der Waals surface area (Å²) >= 11 is 0. The molecule has 0 bridgehead atoms. The summed E-state index contributed by atoms with van der Waals surface area (Å²) in [6.45, 7) is 4.01. The lowest BCUT2D eigenvalue weighted by Crippen LogP contribution is -2.30. The number of rotatable bonds is 10. The van der Waals surface area contributed by atoms with Gasteiger partial charge in [-0.15, -0.1) is 0 Å². The molecule has 140 valence electrons. The highest BCUT2D eigenvalue weighted by atomic mass is 16.5. The Kier molecular flexibility index (Phi) is 8.11. The predicted molar refractivity (Wildman–Crippen MR) is 101 cm³/mol. The van der Waals surface area contributed by atoms with Crippen molar-refractivity contribution in [3.05, 3.63) is 30.1 Å². The van der Waals surface area contributed by atoms with Gasteiger partial charge in [-0.3, -0.25) is 9.78 Å². The van der Waals surface area contributed by atoms with Gasteiger partial charge in [0.2, 0.25) is 5.96 Å². The molecule has 0 spiro atoms. The number of pyridine rings is 1. The fourth-order valence-corrected chi connectivity index (χ4v) is 2.24. The molecule has 1 aromatic heterocycles. The van der Waals surface area contributed by atoms with Gasteiger partial charge in [0.1, 0.15) is 11.4 Å². The molecule has 0 atom stereocenters. The van der Waals surface area contributed by atoms with Crippen LogP contribution in [-0.2, 0) is 4.79 Å². The van der Waals surface area contributed by atoms with Crippen molar-refractivity contribution in [2.24, 2.45) is 10.1 Å². The Morgan fingerprint density at radius 1 is 1.46 bits per heavy atom. The number of nitrogens with zero attached hydrogens (tertiary/aromatic N) is 3. The fraction of sp³-hybridized carbons (Fsp3) is 0.444. The normalized spacial score (nSPS) is 14.2. The summed E-state index contributed by atoms with van der Waals surface area (Å²) in [4.78, 5) is 19.0. The molecule has 1 aliphatic rings. The average Bonchev–Trinajstić information content (AvgIpc) is 3.15. The predicted octanol–water partition coefficient (Wildman–Crippen LogP) is 2.04. The lowest BCUT2D eigenvalue weighted by molar-refractivity contribution is -0.137. The first-order valence-corrected chi connectivity index (χ1v) is 8.71. The number of ether oxygens (including phenoxy) is 1. The second kappa shape index (κ2) is 10.9. The van der Waals surface area contributed by atoms with Gasteiger partial charge in [0, 0.05) is 19.2 Å². The molecular formula is C18H25N5O3. The van der Waals surface area contributed by atoms with Crippen LogP contribution in [-0.4, -0.2) is 47.4 Å². The molecule has 0 saturated heterocycles. The summed E-state index contributed by atoms with van der Waals surface area (Å²) in [5, 5.41) is 15.9. The molecule has 0 saturated carbocycles. The third-order valence-corrected chi connectivity index (χ3v) is 3.59.